The summed E-state index contributed by atoms with van der Waals surface area (Å²) >= 11 is 0. The van der Waals surface area contributed by atoms with Crippen molar-refractivity contribution in [2.45, 2.75) is 45.3 Å². The Balaban J connectivity index is 1.91. The molecule has 1 fully saturated rings. The fraction of sp³-hybridized carbons (Fsp3) is 0.812. The molecule has 0 spiro atoms. The average molecular weight is 294 g/mol. The van der Waals surface area contributed by atoms with Gasteiger partial charge in [-0.1, -0.05) is 13.8 Å². The molecule has 2 heterocycles. The molecule has 21 heavy (non-hydrogen) atoms. The maximum absolute atomic E-state index is 6.04. The fourth-order valence-electron chi connectivity index (χ4n) is 2.96. The quantitative estimate of drug-likeness (QED) is 0.788. The highest BCUT2D eigenvalue weighted by Crippen LogP contribution is 2.14. The molecule has 0 saturated carbocycles. The Morgan fingerprint density at radius 2 is 2.33 bits per heavy atom. The predicted octanol–water partition coefficient (Wildman–Crippen LogP) is 1.44. The van der Waals surface area contributed by atoms with Crippen LogP contribution in [0.4, 0.5) is 0 Å². The van der Waals surface area contributed by atoms with Crippen LogP contribution in [0, 0.1) is 0 Å². The lowest BCUT2D eigenvalue weighted by molar-refractivity contribution is -0.0461. The Bertz CT molecular complexity index is 407. The molecule has 1 N–H and O–H groups in total. The summed E-state index contributed by atoms with van der Waals surface area (Å²) in [7, 11) is 2.01. The van der Waals surface area contributed by atoms with Crippen molar-refractivity contribution in [2.75, 3.05) is 32.8 Å². The largest absolute Gasteiger partial charge is 0.374 e. The molecule has 120 valence electrons. The summed E-state index contributed by atoms with van der Waals surface area (Å²) in [6.45, 7) is 9.58. The maximum Gasteiger partial charge on any atom is 0.0855 e. The van der Waals surface area contributed by atoms with Crippen LogP contribution in [0.25, 0.3) is 0 Å². The molecule has 2 atom stereocenters. The SMILES string of the molecule is CCCNC(CCc1ccnn1C)C1CN(CC)CCO1. The first-order chi connectivity index (χ1) is 10.2. The normalized spacial score (nSPS) is 21.6. The third-order valence-electron chi connectivity index (χ3n) is 4.36. The van der Waals surface area contributed by atoms with Gasteiger partial charge in [0.05, 0.1) is 12.7 Å². The van der Waals surface area contributed by atoms with E-state index in [4.69, 9.17) is 4.74 Å². The van der Waals surface area contributed by atoms with Gasteiger partial charge in [-0.25, -0.2) is 0 Å². The molecular formula is C16H30N4O. The molecule has 2 rings (SSSR count). The lowest BCUT2D eigenvalue weighted by Crippen LogP contribution is -2.52. The number of hydrogen-bond acceptors (Lipinski definition) is 4. The van der Waals surface area contributed by atoms with Crippen LogP contribution in [-0.2, 0) is 18.2 Å². The highest BCUT2D eigenvalue weighted by molar-refractivity contribution is 5.01. The van der Waals surface area contributed by atoms with Crippen molar-refractivity contribution in [1.29, 1.82) is 0 Å². The molecule has 1 aliphatic heterocycles. The van der Waals surface area contributed by atoms with Crippen molar-refractivity contribution in [3.63, 3.8) is 0 Å². The Labute approximate surface area is 128 Å². The van der Waals surface area contributed by atoms with E-state index in [0.29, 0.717) is 12.1 Å². The topological polar surface area (TPSA) is 42.3 Å². The Kier molecular flexibility index (Phi) is 6.67. The molecule has 5 heteroatoms. The molecule has 0 bridgehead atoms. The molecule has 0 aliphatic carbocycles. The zero-order valence-electron chi connectivity index (χ0n) is 13.7. The van der Waals surface area contributed by atoms with E-state index in [1.54, 1.807) is 0 Å². The molecule has 0 aromatic carbocycles. The second-order valence-corrected chi connectivity index (χ2v) is 5.85. The highest BCUT2D eigenvalue weighted by Gasteiger charge is 2.27. The van der Waals surface area contributed by atoms with E-state index in [9.17, 15) is 0 Å². The number of aromatic nitrogens is 2. The summed E-state index contributed by atoms with van der Waals surface area (Å²) in [5.41, 5.74) is 1.29. The van der Waals surface area contributed by atoms with Crippen molar-refractivity contribution in [1.82, 2.24) is 20.0 Å². The highest BCUT2D eigenvalue weighted by atomic mass is 16.5. The maximum atomic E-state index is 6.04. The van der Waals surface area contributed by atoms with Crippen LogP contribution >= 0.6 is 0 Å². The summed E-state index contributed by atoms with van der Waals surface area (Å²) < 4.78 is 8.01. The van der Waals surface area contributed by atoms with E-state index in [2.05, 4.69) is 35.2 Å². The molecule has 0 amide bonds. The van der Waals surface area contributed by atoms with Crippen molar-refractivity contribution in [3.05, 3.63) is 18.0 Å². The van der Waals surface area contributed by atoms with Crippen molar-refractivity contribution in [2.24, 2.45) is 7.05 Å². The number of ether oxygens (including phenoxy) is 1. The van der Waals surface area contributed by atoms with Gasteiger partial charge in [0.1, 0.15) is 0 Å². The molecular weight excluding hydrogens is 264 g/mol. The zero-order chi connectivity index (χ0) is 15.1. The van der Waals surface area contributed by atoms with E-state index in [1.807, 2.05) is 17.9 Å². The standard InChI is InChI=1S/C16H30N4O/c1-4-9-17-15(7-6-14-8-10-18-19(14)3)16-13-20(5-2)11-12-21-16/h8,10,15-17H,4-7,9,11-13H2,1-3H3. The third kappa shape index (κ3) is 4.80. The van der Waals surface area contributed by atoms with Gasteiger partial charge in [-0.15, -0.1) is 0 Å². The molecule has 0 radical (unpaired) electrons. The van der Waals surface area contributed by atoms with Gasteiger partial charge in [0.2, 0.25) is 0 Å². The number of hydrogen-bond donors (Lipinski definition) is 1. The number of nitrogens with zero attached hydrogens (tertiary/aromatic N) is 3. The van der Waals surface area contributed by atoms with Gasteiger partial charge in [-0.05, 0) is 38.4 Å². The minimum absolute atomic E-state index is 0.304. The van der Waals surface area contributed by atoms with Crippen LogP contribution in [0.1, 0.15) is 32.4 Å². The van der Waals surface area contributed by atoms with Crippen molar-refractivity contribution >= 4 is 0 Å². The molecule has 1 aromatic rings. The first-order valence-corrected chi connectivity index (χ1v) is 8.28. The number of nitrogens with one attached hydrogen (secondary N) is 1. The average Bonchev–Trinajstić information content (AvgIpc) is 2.93. The monoisotopic (exact) mass is 294 g/mol. The van der Waals surface area contributed by atoms with Crippen LogP contribution in [0.5, 0.6) is 0 Å². The Hall–Kier alpha value is -0.910. The van der Waals surface area contributed by atoms with Gasteiger partial charge in [0.15, 0.2) is 0 Å². The van der Waals surface area contributed by atoms with Gasteiger partial charge in [-0.3, -0.25) is 9.58 Å². The second-order valence-electron chi connectivity index (χ2n) is 5.85. The summed E-state index contributed by atoms with van der Waals surface area (Å²) in [4.78, 5) is 2.48. The van der Waals surface area contributed by atoms with Crippen LogP contribution in [0.2, 0.25) is 0 Å². The van der Waals surface area contributed by atoms with E-state index in [1.165, 1.54) is 5.69 Å². The van der Waals surface area contributed by atoms with E-state index < -0.39 is 0 Å². The van der Waals surface area contributed by atoms with Crippen LogP contribution in [0.15, 0.2) is 12.3 Å². The first kappa shape index (κ1) is 16.5. The van der Waals surface area contributed by atoms with Crippen molar-refractivity contribution in [3.8, 4) is 0 Å². The van der Waals surface area contributed by atoms with E-state index in [-0.39, 0.29) is 0 Å². The number of rotatable bonds is 8. The smallest absolute Gasteiger partial charge is 0.0855 e. The lowest BCUT2D eigenvalue weighted by atomic mass is 10.0. The third-order valence-corrected chi connectivity index (χ3v) is 4.36. The van der Waals surface area contributed by atoms with Gasteiger partial charge in [0, 0.05) is 38.1 Å². The minimum atomic E-state index is 0.304. The molecule has 2 unspecified atom stereocenters. The summed E-state index contributed by atoms with van der Waals surface area (Å²) in [6, 6.07) is 2.53. The predicted molar refractivity (Wildman–Crippen MR) is 85.5 cm³/mol. The molecule has 1 saturated heterocycles. The summed E-state index contributed by atoms with van der Waals surface area (Å²) in [5, 5.41) is 7.94. The first-order valence-electron chi connectivity index (χ1n) is 8.28. The number of morpholine rings is 1. The van der Waals surface area contributed by atoms with Gasteiger partial charge in [-0.2, -0.15) is 5.10 Å². The summed E-state index contributed by atoms with van der Waals surface area (Å²) in [5.74, 6) is 0. The van der Waals surface area contributed by atoms with Gasteiger partial charge >= 0.3 is 0 Å². The van der Waals surface area contributed by atoms with Crippen LogP contribution in [-0.4, -0.2) is 59.6 Å². The Morgan fingerprint density at radius 1 is 1.48 bits per heavy atom. The molecule has 5 nitrogen and oxygen atoms in total. The molecule has 1 aliphatic rings. The van der Waals surface area contributed by atoms with Crippen LogP contribution in [0.3, 0.4) is 0 Å². The zero-order valence-corrected chi connectivity index (χ0v) is 13.7. The second kappa shape index (κ2) is 8.51. The van der Waals surface area contributed by atoms with Gasteiger partial charge < -0.3 is 10.1 Å². The minimum Gasteiger partial charge on any atom is -0.374 e. The fourth-order valence-corrected chi connectivity index (χ4v) is 2.96. The lowest BCUT2D eigenvalue weighted by Gasteiger charge is -2.37. The summed E-state index contributed by atoms with van der Waals surface area (Å²) in [6.07, 6.45) is 5.48. The number of aryl methyl sites for hydroxylation is 2. The van der Waals surface area contributed by atoms with Crippen LogP contribution < -0.4 is 5.32 Å². The number of likely N-dealkylation sites (N-methyl/N-ethyl adjacent to an activating group) is 1. The van der Waals surface area contributed by atoms with Gasteiger partial charge in [0.25, 0.3) is 0 Å². The van der Waals surface area contributed by atoms with Crippen molar-refractivity contribution < 1.29 is 4.74 Å². The molecule has 1 aromatic heterocycles. The van der Waals surface area contributed by atoms with E-state index >= 15 is 0 Å². The Morgan fingerprint density at radius 3 is 3.00 bits per heavy atom. The van der Waals surface area contributed by atoms with E-state index in [0.717, 1.165) is 52.0 Å².